The average Bonchev–Trinajstić information content (AvgIpc) is 2.86. The first kappa shape index (κ1) is 16.6. The quantitative estimate of drug-likeness (QED) is 0.780. The molecular weight excluding hydrogens is 280 g/mol. The van der Waals surface area contributed by atoms with E-state index < -0.39 is 0 Å². The summed E-state index contributed by atoms with van der Waals surface area (Å²) in [4.78, 5) is 13.8. The van der Waals surface area contributed by atoms with Crippen LogP contribution in [0.15, 0.2) is 24.3 Å². The number of aliphatic hydroxyl groups is 1. The van der Waals surface area contributed by atoms with Crippen LogP contribution in [0.2, 0.25) is 0 Å². The fourth-order valence-corrected chi connectivity index (χ4v) is 3.02. The highest BCUT2D eigenvalue weighted by Gasteiger charge is 2.27. The van der Waals surface area contributed by atoms with Gasteiger partial charge in [0.2, 0.25) is 0 Å². The third kappa shape index (κ3) is 4.63. The molecule has 5 heteroatoms. The monoisotopic (exact) mass is 306 g/mol. The first-order valence-electron chi connectivity index (χ1n) is 7.93. The molecule has 1 aliphatic rings. The van der Waals surface area contributed by atoms with Crippen LogP contribution in [0.25, 0.3) is 0 Å². The number of aromatic hydroxyl groups is 1. The molecular formula is C17H26N2O3. The normalized spacial score (nSPS) is 22.3. The van der Waals surface area contributed by atoms with Crippen LogP contribution in [0.5, 0.6) is 5.75 Å². The Morgan fingerprint density at radius 1 is 1.36 bits per heavy atom. The standard InChI is InChI=1S/C17H26N2O3/c1-12(10-13-6-8-15(20)9-7-13)18-17(22)19(2)11-14-4-3-5-16(14)21/h6-9,12,14,16,20-21H,3-5,10-11H2,1-2H3,(H,18,22). The van der Waals surface area contributed by atoms with Crippen molar-refractivity contribution in [2.75, 3.05) is 13.6 Å². The lowest BCUT2D eigenvalue weighted by Gasteiger charge is -2.25. The van der Waals surface area contributed by atoms with Crippen molar-refractivity contribution in [3.63, 3.8) is 0 Å². The van der Waals surface area contributed by atoms with E-state index >= 15 is 0 Å². The van der Waals surface area contributed by atoms with Gasteiger partial charge in [0.05, 0.1) is 6.10 Å². The Balaban J connectivity index is 1.78. The third-order valence-electron chi connectivity index (χ3n) is 4.32. The summed E-state index contributed by atoms with van der Waals surface area (Å²) in [6.07, 6.45) is 3.31. The van der Waals surface area contributed by atoms with Crippen LogP contribution in [0, 0.1) is 5.92 Å². The number of hydrogen-bond donors (Lipinski definition) is 3. The molecule has 2 rings (SSSR count). The van der Waals surface area contributed by atoms with E-state index in [1.54, 1.807) is 24.1 Å². The smallest absolute Gasteiger partial charge is 0.317 e. The zero-order valence-corrected chi connectivity index (χ0v) is 13.3. The number of hydrogen-bond acceptors (Lipinski definition) is 3. The van der Waals surface area contributed by atoms with E-state index in [-0.39, 0.29) is 29.8 Å². The molecule has 1 aromatic rings. The van der Waals surface area contributed by atoms with Gasteiger partial charge in [0.1, 0.15) is 5.75 Å². The van der Waals surface area contributed by atoms with Gasteiger partial charge >= 0.3 is 6.03 Å². The largest absolute Gasteiger partial charge is 0.508 e. The number of rotatable bonds is 5. The maximum Gasteiger partial charge on any atom is 0.317 e. The Morgan fingerprint density at radius 2 is 2.05 bits per heavy atom. The van der Waals surface area contributed by atoms with Gasteiger partial charge in [-0.15, -0.1) is 0 Å². The topological polar surface area (TPSA) is 72.8 Å². The number of carbonyl (C=O) groups excluding carboxylic acids is 1. The maximum absolute atomic E-state index is 12.2. The lowest BCUT2D eigenvalue weighted by atomic mass is 10.1. The lowest BCUT2D eigenvalue weighted by Crippen LogP contribution is -2.45. The van der Waals surface area contributed by atoms with Crippen molar-refractivity contribution in [2.45, 2.75) is 44.8 Å². The molecule has 3 unspecified atom stereocenters. The highest BCUT2D eigenvalue weighted by Crippen LogP contribution is 2.25. The van der Waals surface area contributed by atoms with Crippen molar-refractivity contribution in [2.24, 2.45) is 5.92 Å². The molecule has 3 atom stereocenters. The summed E-state index contributed by atoms with van der Waals surface area (Å²) in [7, 11) is 1.77. The first-order valence-corrected chi connectivity index (χ1v) is 7.93. The SMILES string of the molecule is CC(Cc1ccc(O)cc1)NC(=O)N(C)CC1CCCC1O. The minimum atomic E-state index is -0.273. The molecule has 0 saturated heterocycles. The number of amides is 2. The van der Waals surface area contributed by atoms with Gasteiger partial charge in [-0.1, -0.05) is 18.6 Å². The molecule has 0 spiro atoms. The number of nitrogens with zero attached hydrogens (tertiary/aromatic N) is 1. The molecule has 3 N–H and O–H groups in total. The van der Waals surface area contributed by atoms with Crippen LogP contribution >= 0.6 is 0 Å². The van der Waals surface area contributed by atoms with Crippen LogP contribution in [-0.4, -0.2) is 46.9 Å². The molecule has 1 saturated carbocycles. The zero-order valence-electron chi connectivity index (χ0n) is 13.3. The number of phenols is 1. The van der Waals surface area contributed by atoms with Gasteiger partial charge in [0, 0.05) is 25.6 Å². The number of carbonyl (C=O) groups is 1. The third-order valence-corrected chi connectivity index (χ3v) is 4.32. The molecule has 0 aromatic heterocycles. The van der Waals surface area contributed by atoms with Gasteiger partial charge in [0.25, 0.3) is 0 Å². The van der Waals surface area contributed by atoms with Gasteiger partial charge in [0.15, 0.2) is 0 Å². The highest BCUT2D eigenvalue weighted by atomic mass is 16.3. The molecule has 2 amide bonds. The van der Waals surface area contributed by atoms with Gasteiger partial charge in [-0.2, -0.15) is 0 Å². The minimum Gasteiger partial charge on any atom is -0.508 e. The van der Waals surface area contributed by atoms with Crippen LogP contribution in [0.1, 0.15) is 31.7 Å². The number of phenolic OH excluding ortho intramolecular Hbond substituents is 1. The fraction of sp³-hybridized carbons (Fsp3) is 0.588. The zero-order chi connectivity index (χ0) is 16.1. The summed E-state index contributed by atoms with van der Waals surface area (Å²) in [6, 6.07) is 6.92. The second kappa shape index (κ2) is 7.49. The molecule has 0 radical (unpaired) electrons. The summed E-state index contributed by atoms with van der Waals surface area (Å²) in [5.74, 6) is 0.443. The van der Waals surface area contributed by atoms with E-state index in [1.807, 2.05) is 19.1 Å². The van der Waals surface area contributed by atoms with Crippen molar-refractivity contribution >= 4 is 6.03 Å². The Labute approximate surface area is 131 Å². The molecule has 5 nitrogen and oxygen atoms in total. The molecule has 0 aliphatic heterocycles. The fourth-order valence-electron chi connectivity index (χ4n) is 3.02. The Hall–Kier alpha value is -1.75. The van der Waals surface area contributed by atoms with Crippen molar-refractivity contribution in [3.05, 3.63) is 29.8 Å². The van der Waals surface area contributed by atoms with Crippen molar-refractivity contribution in [3.8, 4) is 5.75 Å². The van der Waals surface area contributed by atoms with Crippen LogP contribution in [0.4, 0.5) is 4.79 Å². The summed E-state index contributed by atoms with van der Waals surface area (Å²) >= 11 is 0. The van der Waals surface area contributed by atoms with Gasteiger partial charge in [-0.05, 0) is 43.9 Å². The molecule has 122 valence electrons. The molecule has 0 bridgehead atoms. The van der Waals surface area contributed by atoms with E-state index in [1.165, 1.54) is 0 Å². The van der Waals surface area contributed by atoms with E-state index in [0.717, 1.165) is 24.8 Å². The number of urea groups is 1. The summed E-state index contributed by atoms with van der Waals surface area (Å²) in [6.45, 7) is 2.56. The van der Waals surface area contributed by atoms with E-state index in [4.69, 9.17) is 0 Å². The van der Waals surface area contributed by atoms with Crippen molar-refractivity contribution in [1.29, 1.82) is 0 Å². The summed E-state index contributed by atoms with van der Waals surface area (Å²) < 4.78 is 0. The second-order valence-corrected chi connectivity index (χ2v) is 6.36. The molecule has 1 fully saturated rings. The number of aliphatic hydroxyl groups excluding tert-OH is 1. The summed E-state index contributed by atoms with van der Waals surface area (Å²) in [5, 5.41) is 22.1. The molecule has 1 aliphatic carbocycles. The minimum absolute atomic E-state index is 0.00740. The van der Waals surface area contributed by atoms with Gasteiger partial charge < -0.3 is 20.4 Å². The molecule has 1 aromatic carbocycles. The van der Waals surface area contributed by atoms with Crippen LogP contribution in [0.3, 0.4) is 0 Å². The Kier molecular flexibility index (Phi) is 5.66. The Morgan fingerprint density at radius 3 is 2.64 bits per heavy atom. The van der Waals surface area contributed by atoms with E-state index in [2.05, 4.69) is 5.32 Å². The predicted octanol–water partition coefficient (Wildman–Crippen LogP) is 2.13. The van der Waals surface area contributed by atoms with E-state index in [0.29, 0.717) is 13.0 Å². The van der Waals surface area contributed by atoms with Gasteiger partial charge in [-0.3, -0.25) is 0 Å². The molecule has 0 heterocycles. The first-order chi connectivity index (χ1) is 10.5. The molecule has 22 heavy (non-hydrogen) atoms. The summed E-state index contributed by atoms with van der Waals surface area (Å²) in [5.41, 5.74) is 1.07. The average molecular weight is 306 g/mol. The van der Waals surface area contributed by atoms with Gasteiger partial charge in [-0.25, -0.2) is 4.79 Å². The van der Waals surface area contributed by atoms with Crippen molar-refractivity contribution < 1.29 is 15.0 Å². The van der Waals surface area contributed by atoms with Crippen molar-refractivity contribution in [1.82, 2.24) is 10.2 Å². The Bertz CT molecular complexity index is 489. The lowest BCUT2D eigenvalue weighted by molar-refractivity contribution is 0.113. The maximum atomic E-state index is 12.2. The second-order valence-electron chi connectivity index (χ2n) is 6.36. The van der Waals surface area contributed by atoms with Crippen LogP contribution < -0.4 is 5.32 Å². The van der Waals surface area contributed by atoms with E-state index in [9.17, 15) is 15.0 Å². The number of benzene rings is 1. The highest BCUT2D eigenvalue weighted by molar-refractivity contribution is 5.74. The number of nitrogens with one attached hydrogen (secondary N) is 1. The van der Waals surface area contributed by atoms with Crippen LogP contribution in [-0.2, 0) is 6.42 Å². The predicted molar refractivity (Wildman–Crippen MR) is 85.8 cm³/mol.